The monoisotopic (exact) mass is 345 g/mol. The van der Waals surface area contributed by atoms with E-state index in [-0.39, 0.29) is 12.5 Å². The summed E-state index contributed by atoms with van der Waals surface area (Å²) in [4.78, 5) is 10.5. The van der Waals surface area contributed by atoms with Crippen molar-refractivity contribution in [2.24, 2.45) is 5.92 Å². The van der Waals surface area contributed by atoms with Gasteiger partial charge in [-0.15, -0.1) is 0 Å². The third kappa shape index (κ3) is 3.80. The normalized spacial score (nSPS) is 11.8. The number of carbonyl (C=O) groups excluding carboxylic acids is 1. The number of rotatable bonds is 4. The van der Waals surface area contributed by atoms with Crippen LogP contribution in [0.5, 0.6) is 0 Å². The van der Waals surface area contributed by atoms with E-state index in [1.165, 1.54) is 0 Å². The van der Waals surface area contributed by atoms with Crippen molar-refractivity contribution >= 4 is 37.2 Å². The van der Waals surface area contributed by atoms with Crippen LogP contribution in [0, 0.1) is 17.6 Å². The zero-order chi connectivity index (χ0) is 15.7. The highest BCUT2D eigenvalue weighted by molar-refractivity contribution is 8.13. The molecule has 0 radical (unpaired) electrons. The molecule has 1 rings (SSSR count). The van der Waals surface area contributed by atoms with Crippen molar-refractivity contribution in [3.05, 3.63) is 28.3 Å². The third-order valence-electron chi connectivity index (χ3n) is 2.28. The van der Waals surface area contributed by atoms with Crippen LogP contribution in [0.25, 0.3) is 0 Å². The lowest BCUT2D eigenvalue weighted by Gasteiger charge is -2.11. The average molecular weight is 346 g/mol. The van der Waals surface area contributed by atoms with Gasteiger partial charge in [-0.3, -0.25) is 4.79 Å². The first-order valence-corrected chi connectivity index (χ1v) is 8.14. The molecule has 9 heteroatoms. The van der Waals surface area contributed by atoms with E-state index in [2.05, 4.69) is 5.32 Å². The van der Waals surface area contributed by atoms with E-state index in [0.717, 1.165) is 0 Å². The molecule has 0 atom stereocenters. The SMILES string of the molecule is CC(C)CNC(=O)c1cc(F)c(F)c(S(=O)(=O)Cl)c1Cl. The summed E-state index contributed by atoms with van der Waals surface area (Å²) in [5, 5.41) is 1.66. The quantitative estimate of drug-likeness (QED) is 0.674. The molecule has 0 unspecified atom stereocenters. The van der Waals surface area contributed by atoms with Gasteiger partial charge in [0.2, 0.25) is 0 Å². The van der Waals surface area contributed by atoms with E-state index >= 15 is 0 Å². The lowest BCUT2D eigenvalue weighted by Crippen LogP contribution is -2.28. The van der Waals surface area contributed by atoms with E-state index in [1.807, 2.05) is 13.8 Å². The molecule has 1 amide bonds. The lowest BCUT2D eigenvalue weighted by atomic mass is 10.1. The number of carbonyl (C=O) groups is 1. The van der Waals surface area contributed by atoms with Crippen LogP contribution in [0.15, 0.2) is 11.0 Å². The predicted molar refractivity (Wildman–Crippen MR) is 71.6 cm³/mol. The molecule has 112 valence electrons. The van der Waals surface area contributed by atoms with Gasteiger partial charge in [0.15, 0.2) is 11.6 Å². The number of amides is 1. The molecule has 0 saturated heterocycles. The molecule has 0 aliphatic heterocycles. The topological polar surface area (TPSA) is 63.2 Å². The number of nitrogens with one attached hydrogen (secondary N) is 1. The van der Waals surface area contributed by atoms with E-state index < -0.39 is 42.1 Å². The van der Waals surface area contributed by atoms with Gasteiger partial charge in [0.05, 0.1) is 10.6 Å². The van der Waals surface area contributed by atoms with Crippen LogP contribution < -0.4 is 5.32 Å². The Kier molecular flexibility index (Phi) is 5.34. The summed E-state index contributed by atoms with van der Waals surface area (Å²) >= 11 is 5.65. The van der Waals surface area contributed by atoms with Crippen molar-refractivity contribution in [1.29, 1.82) is 0 Å². The molecule has 0 saturated carbocycles. The summed E-state index contributed by atoms with van der Waals surface area (Å²) in [5.41, 5.74) is -0.495. The number of hydrogen-bond donors (Lipinski definition) is 1. The van der Waals surface area contributed by atoms with Crippen molar-refractivity contribution < 1.29 is 22.0 Å². The summed E-state index contributed by atoms with van der Waals surface area (Å²) in [7, 11) is 0.366. The Hall–Kier alpha value is -0.920. The zero-order valence-corrected chi connectivity index (χ0v) is 12.8. The van der Waals surface area contributed by atoms with Crippen molar-refractivity contribution in [3.63, 3.8) is 0 Å². The maximum Gasteiger partial charge on any atom is 0.265 e. The summed E-state index contributed by atoms with van der Waals surface area (Å²) in [5.74, 6) is -3.95. The van der Waals surface area contributed by atoms with E-state index in [9.17, 15) is 22.0 Å². The van der Waals surface area contributed by atoms with Gasteiger partial charge in [0, 0.05) is 17.2 Å². The second kappa shape index (κ2) is 6.24. The van der Waals surface area contributed by atoms with Crippen molar-refractivity contribution in [2.75, 3.05) is 6.54 Å². The van der Waals surface area contributed by atoms with Gasteiger partial charge >= 0.3 is 0 Å². The molecular formula is C11H11Cl2F2NO3S. The summed E-state index contributed by atoms with van der Waals surface area (Å²) < 4.78 is 49.3. The smallest absolute Gasteiger partial charge is 0.265 e. The number of hydrogen-bond acceptors (Lipinski definition) is 3. The van der Waals surface area contributed by atoms with Gasteiger partial charge in [0.25, 0.3) is 15.0 Å². The van der Waals surface area contributed by atoms with Gasteiger partial charge in [-0.1, -0.05) is 25.4 Å². The molecule has 1 aromatic carbocycles. The second-order valence-corrected chi connectivity index (χ2v) is 7.29. The van der Waals surface area contributed by atoms with Gasteiger partial charge in [-0.25, -0.2) is 17.2 Å². The molecule has 0 spiro atoms. The number of benzene rings is 1. The van der Waals surface area contributed by atoms with Gasteiger partial charge < -0.3 is 5.32 Å². The molecule has 1 N–H and O–H groups in total. The molecule has 20 heavy (non-hydrogen) atoms. The Labute approximate surface area is 124 Å². The van der Waals surface area contributed by atoms with Crippen LogP contribution >= 0.6 is 22.3 Å². The first-order chi connectivity index (χ1) is 9.05. The van der Waals surface area contributed by atoms with E-state index in [0.29, 0.717) is 6.07 Å². The molecule has 0 heterocycles. The van der Waals surface area contributed by atoms with Crippen LogP contribution in [-0.2, 0) is 9.05 Å². The number of halogens is 4. The van der Waals surface area contributed by atoms with E-state index in [4.69, 9.17) is 22.3 Å². The van der Waals surface area contributed by atoms with Crippen LogP contribution in [-0.4, -0.2) is 20.9 Å². The fourth-order valence-corrected chi connectivity index (χ4v) is 3.07. The Bertz CT molecular complexity index is 648. The van der Waals surface area contributed by atoms with Crippen molar-refractivity contribution in [3.8, 4) is 0 Å². The highest BCUT2D eigenvalue weighted by Gasteiger charge is 2.28. The van der Waals surface area contributed by atoms with Crippen molar-refractivity contribution in [2.45, 2.75) is 18.7 Å². The molecule has 4 nitrogen and oxygen atoms in total. The molecule has 0 bridgehead atoms. The van der Waals surface area contributed by atoms with Gasteiger partial charge in [-0.2, -0.15) is 0 Å². The fraction of sp³-hybridized carbons (Fsp3) is 0.364. The predicted octanol–water partition coefficient (Wildman–Crippen LogP) is 2.93. The molecular weight excluding hydrogens is 335 g/mol. The Morgan fingerprint density at radius 3 is 2.40 bits per heavy atom. The first-order valence-electron chi connectivity index (χ1n) is 5.46. The molecule has 1 aromatic rings. The van der Waals surface area contributed by atoms with Gasteiger partial charge in [-0.05, 0) is 12.0 Å². The maximum absolute atomic E-state index is 13.5. The standard InChI is InChI=1S/C11H11Cl2F2NO3S/c1-5(2)4-16-11(17)6-3-7(14)9(15)10(8(6)12)20(13,18)19/h3,5H,4H2,1-2H3,(H,16,17). The first kappa shape index (κ1) is 17.1. The second-order valence-electron chi connectivity index (χ2n) is 4.40. The average Bonchev–Trinajstić information content (AvgIpc) is 2.29. The molecule has 0 fully saturated rings. The van der Waals surface area contributed by atoms with E-state index in [1.54, 1.807) is 0 Å². The molecule has 0 aliphatic rings. The van der Waals surface area contributed by atoms with Crippen LogP contribution in [0.2, 0.25) is 5.02 Å². The fourth-order valence-electron chi connectivity index (χ4n) is 1.35. The summed E-state index contributed by atoms with van der Waals surface area (Å²) in [6, 6.07) is 0.527. The highest BCUT2D eigenvalue weighted by atomic mass is 35.7. The molecule has 0 aromatic heterocycles. The Morgan fingerprint density at radius 2 is 1.95 bits per heavy atom. The van der Waals surface area contributed by atoms with Gasteiger partial charge in [0.1, 0.15) is 4.90 Å². The summed E-state index contributed by atoms with van der Waals surface area (Å²) in [6.07, 6.45) is 0. The van der Waals surface area contributed by atoms with Crippen LogP contribution in [0.1, 0.15) is 24.2 Å². The van der Waals surface area contributed by atoms with Crippen LogP contribution in [0.3, 0.4) is 0 Å². The highest BCUT2D eigenvalue weighted by Crippen LogP contribution is 2.32. The maximum atomic E-state index is 13.5. The van der Waals surface area contributed by atoms with Crippen molar-refractivity contribution in [1.82, 2.24) is 5.32 Å². The Balaban J connectivity index is 3.37. The minimum atomic E-state index is -4.63. The zero-order valence-electron chi connectivity index (χ0n) is 10.5. The minimum Gasteiger partial charge on any atom is -0.352 e. The largest absolute Gasteiger partial charge is 0.352 e. The van der Waals surface area contributed by atoms with Crippen LogP contribution in [0.4, 0.5) is 8.78 Å². The summed E-state index contributed by atoms with van der Waals surface area (Å²) in [6.45, 7) is 3.90. The lowest BCUT2D eigenvalue weighted by molar-refractivity contribution is 0.0948. The molecule has 0 aliphatic carbocycles. The Morgan fingerprint density at radius 1 is 1.40 bits per heavy atom. The third-order valence-corrected chi connectivity index (χ3v) is 4.11. The minimum absolute atomic E-state index is 0.110.